The van der Waals surface area contributed by atoms with E-state index in [0.717, 1.165) is 31.1 Å². The highest BCUT2D eigenvalue weighted by molar-refractivity contribution is 6.31. The molecule has 2 nitrogen and oxygen atoms in total. The molecule has 0 unspecified atom stereocenters. The number of anilines is 1. The number of nitrogens with one attached hydrogen (secondary N) is 1. The number of benzene rings is 1. The van der Waals surface area contributed by atoms with E-state index >= 15 is 0 Å². The molecule has 0 aliphatic carbocycles. The molecule has 2 rings (SSSR count). The van der Waals surface area contributed by atoms with E-state index in [1.165, 1.54) is 17.7 Å². The molecule has 1 saturated heterocycles. The minimum absolute atomic E-state index is 0.170. The van der Waals surface area contributed by atoms with E-state index in [-0.39, 0.29) is 5.54 Å². The van der Waals surface area contributed by atoms with Gasteiger partial charge < -0.3 is 10.2 Å². The Kier molecular flexibility index (Phi) is 4.18. The molecule has 1 N–H and O–H groups in total. The van der Waals surface area contributed by atoms with Crippen LogP contribution in [0.4, 0.5) is 5.69 Å². The fraction of sp³-hybridized carbons (Fsp3) is 0.600. The summed E-state index contributed by atoms with van der Waals surface area (Å²) >= 11 is 6.26. The van der Waals surface area contributed by atoms with E-state index in [9.17, 15) is 0 Å². The van der Waals surface area contributed by atoms with E-state index in [4.69, 9.17) is 11.6 Å². The number of hydrogen-bond acceptors (Lipinski definition) is 2. The normalized spacial score (nSPS) is 20.3. The van der Waals surface area contributed by atoms with Crippen LogP contribution >= 0.6 is 11.6 Å². The van der Waals surface area contributed by atoms with Crippen LogP contribution in [0.3, 0.4) is 0 Å². The number of halogens is 1. The smallest absolute Gasteiger partial charge is 0.0455 e. The van der Waals surface area contributed by atoms with Crippen LogP contribution in [0.15, 0.2) is 18.2 Å². The Bertz CT molecular complexity index is 415. The molecule has 1 aliphatic rings. The second-order valence-electron chi connectivity index (χ2n) is 5.70. The Morgan fingerprint density at radius 1 is 1.28 bits per heavy atom. The van der Waals surface area contributed by atoms with Crippen molar-refractivity contribution in [3.05, 3.63) is 28.8 Å². The highest BCUT2D eigenvalue weighted by Gasteiger charge is 2.28. The molecule has 1 fully saturated rings. The molecule has 0 bridgehead atoms. The van der Waals surface area contributed by atoms with Gasteiger partial charge in [0, 0.05) is 22.8 Å². The molecule has 1 aromatic rings. The Balaban J connectivity index is 2.35. The average molecular weight is 267 g/mol. The summed E-state index contributed by atoms with van der Waals surface area (Å²) in [5, 5.41) is 4.35. The van der Waals surface area contributed by atoms with Crippen LogP contribution in [0.1, 0.15) is 32.3 Å². The van der Waals surface area contributed by atoms with E-state index in [0.29, 0.717) is 0 Å². The van der Waals surface area contributed by atoms with Crippen LogP contribution in [0.25, 0.3) is 0 Å². The first-order valence-corrected chi connectivity index (χ1v) is 7.14. The van der Waals surface area contributed by atoms with Crippen LogP contribution in [0.5, 0.6) is 0 Å². The van der Waals surface area contributed by atoms with Gasteiger partial charge in [-0.1, -0.05) is 17.7 Å². The lowest BCUT2D eigenvalue weighted by atomic mass is 9.94. The SMILES string of the molecule is Cc1c(Cl)cccc1N1CCCNCCC1(C)C. The number of nitrogens with zero attached hydrogens (tertiary/aromatic N) is 1. The molecule has 0 saturated carbocycles. The third-order valence-electron chi connectivity index (χ3n) is 3.91. The molecule has 0 aromatic heterocycles. The quantitative estimate of drug-likeness (QED) is 0.835. The van der Waals surface area contributed by atoms with Crippen LogP contribution in [-0.2, 0) is 0 Å². The van der Waals surface area contributed by atoms with Crippen molar-refractivity contribution in [3.8, 4) is 0 Å². The third-order valence-corrected chi connectivity index (χ3v) is 4.32. The maximum absolute atomic E-state index is 6.26. The van der Waals surface area contributed by atoms with Gasteiger partial charge >= 0.3 is 0 Å². The molecule has 100 valence electrons. The molecular weight excluding hydrogens is 244 g/mol. The molecule has 1 aromatic carbocycles. The second kappa shape index (κ2) is 5.50. The summed E-state index contributed by atoms with van der Waals surface area (Å²) in [7, 11) is 0. The zero-order chi connectivity index (χ0) is 13.2. The number of hydrogen-bond donors (Lipinski definition) is 1. The van der Waals surface area contributed by atoms with Crippen molar-refractivity contribution in [2.45, 2.75) is 39.2 Å². The van der Waals surface area contributed by atoms with Crippen molar-refractivity contribution >= 4 is 17.3 Å². The Labute approximate surface area is 115 Å². The molecular formula is C15H23ClN2. The van der Waals surface area contributed by atoms with Gasteiger partial charge in [0.15, 0.2) is 0 Å². The van der Waals surface area contributed by atoms with Crippen LogP contribution in [0.2, 0.25) is 5.02 Å². The monoisotopic (exact) mass is 266 g/mol. The zero-order valence-electron chi connectivity index (χ0n) is 11.6. The lowest BCUT2D eigenvalue weighted by molar-refractivity contribution is 0.387. The maximum Gasteiger partial charge on any atom is 0.0455 e. The lowest BCUT2D eigenvalue weighted by Gasteiger charge is -2.43. The predicted molar refractivity (Wildman–Crippen MR) is 79.7 cm³/mol. The molecule has 1 heterocycles. The maximum atomic E-state index is 6.26. The van der Waals surface area contributed by atoms with Gasteiger partial charge in [-0.3, -0.25) is 0 Å². The Morgan fingerprint density at radius 3 is 2.83 bits per heavy atom. The topological polar surface area (TPSA) is 15.3 Å². The van der Waals surface area contributed by atoms with E-state index in [2.05, 4.69) is 43.1 Å². The lowest BCUT2D eigenvalue weighted by Crippen LogP contribution is -2.49. The van der Waals surface area contributed by atoms with Gasteiger partial charge in [-0.15, -0.1) is 0 Å². The van der Waals surface area contributed by atoms with Gasteiger partial charge in [0.25, 0.3) is 0 Å². The highest BCUT2D eigenvalue weighted by Crippen LogP contribution is 2.33. The van der Waals surface area contributed by atoms with E-state index in [1.807, 2.05) is 6.07 Å². The molecule has 18 heavy (non-hydrogen) atoms. The molecule has 1 aliphatic heterocycles. The van der Waals surface area contributed by atoms with Gasteiger partial charge in [0.05, 0.1) is 0 Å². The molecule has 0 amide bonds. The third kappa shape index (κ3) is 2.81. The summed E-state index contributed by atoms with van der Waals surface area (Å²) in [6.07, 6.45) is 2.33. The fourth-order valence-corrected chi connectivity index (χ4v) is 2.82. The van der Waals surface area contributed by atoms with E-state index < -0.39 is 0 Å². The average Bonchev–Trinajstić information content (AvgIpc) is 2.30. The predicted octanol–water partition coefficient (Wildman–Crippen LogP) is 3.62. The van der Waals surface area contributed by atoms with Gasteiger partial charge in [-0.25, -0.2) is 0 Å². The van der Waals surface area contributed by atoms with Crippen molar-refractivity contribution < 1.29 is 0 Å². The van der Waals surface area contributed by atoms with Crippen LogP contribution in [-0.4, -0.2) is 25.2 Å². The fourth-order valence-electron chi connectivity index (χ4n) is 2.65. The first kappa shape index (κ1) is 13.7. The molecule has 3 heteroatoms. The summed E-state index contributed by atoms with van der Waals surface area (Å²) < 4.78 is 0. The van der Waals surface area contributed by atoms with Crippen molar-refractivity contribution in [2.24, 2.45) is 0 Å². The Morgan fingerprint density at radius 2 is 2.06 bits per heavy atom. The van der Waals surface area contributed by atoms with Crippen molar-refractivity contribution in [1.29, 1.82) is 0 Å². The first-order chi connectivity index (χ1) is 8.52. The minimum atomic E-state index is 0.170. The second-order valence-corrected chi connectivity index (χ2v) is 6.11. The van der Waals surface area contributed by atoms with Crippen molar-refractivity contribution in [3.63, 3.8) is 0 Å². The minimum Gasteiger partial charge on any atom is -0.366 e. The highest BCUT2D eigenvalue weighted by atomic mass is 35.5. The largest absolute Gasteiger partial charge is 0.366 e. The van der Waals surface area contributed by atoms with Crippen molar-refractivity contribution in [1.82, 2.24) is 5.32 Å². The van der Waals surface area contributed by atoms with Gasteiger partial charge in [0.2, 0.25) is 0 Å². The standard InChI is InChI=1S/C15H23ClN2/c1-12-13(16)6-4-7-14(12)18-11-5-9-17-10-8-15(18,2)3/h4,6-7,17H,5,8-11H2,1-3H3. The van der Waals surface area contributed by atoms with Gasteiger partial charge in [-0.05, 0) is 64.4 Å². The summed E-state index contributed by atoms with van der Waals surface area (Å²) in [6, 6.07) is 6.22. The van der Waals surface area contributed by atoms with E-state index in [1.54, 1.807) is 0 Å². The van der Waals surface area contributed by atoms with Gasteiger partial charge in [0.1, 0.15) is 0 Å². The van der Waals surface area contributed by atoms with Crippen LogP contribution in [0, 0.1) is 6.92 Å². The molecule has 0 atom stereocenters. The van der Waals surface area contributed by atoms with Gasteiger partial charge in [-0.2, -0.15) is 0 Å². The first-order valence-electron chi connectivity index (χ1n) is 6.76. The summed E-state index contributed by atoms with van der Waals surface area (Å²) in [5.41, 5.74) is 2.65. The van der Waals surface area contributed by atoms with Crippen LogP contribution < -0.4 is 10.2 Å². The summed E-state index contributed by atoms with van der Waals surface area (Å²) in [4.78, 5) is 2.52. The van der Waals surface area contributed by atoms with Crippen molar-refractivity contribution in [2.75, 3.05) is 24.5 Å². The molecule has 0 radical (unpaired) electrons. The summed E-state index contributed by atoms with van der Waals surface area (Å²) in [6.45, 7) is 10.0. The summed E-state index contributed by atoms with van der Waals surface area (Å²) in [5.74, 6) is 0. The zero-order valence-corrected chi connectivity index (χ0v) is 12.3. The molecule has 0 spiro atoms. The Hall–Kier alpha value is -0.730. The number of rotatable bonds is 1.